The smallest absolute Gasteiger partial charge is 0.236 e. The van der Waals surface area contributed by atoms with E-state index in [1.807, 2.05) is 23.1 Å². The number of aliphatic imine (C=N–C) groups is 1. The average Bonchev–Trinajstić information content (AvgIpc) is 3.25. The molecule has 7 heteroatoms. The van der Waals surface area contributed by atoms with E-state index in [2.05, 4.69) is 21.7 Å². The predicted octanol–water partition coefficient (Wildman–Crippen LogP) is 1.58. The molecule has 2 aliphatic heterocycles. The minimum absolute atomic E-state index is 0.283. The van der Waals surface area contributed by atoms with Crippen molar-refractivity contribution in [2.45, 2.75) is 25.7 Å². The number of nitrogens with zero attached hydrogens (tertiary/aromatic N) is 4. The first kappa shape index (κ1) is 20.5. The number of likely N-dealkylation sites (tertiary alicyclic amines) is 1. The van der Waals surface area contributed by atoms with Gasteiger partial charge in [0, 0.05) is 58.8 Å². The molecule has 2 aliphatic rings. The zero-order chi connectivity index (χ0) is 19.6. The van der Waals surface area contributed by atoms with E-state index in [1.165, 1.54) is 6.42 Å². The Morgan fingerprint density at radius 1 is 1.14 bits per heavy atom. The largest absolute Gasteiger partial charge is 0.469 e. The number of amides is 1. The molecule has 0 bridgehead atoms. The number of guanidine groups is 1. The van der Waals surface area contributed by atoms with E-state index >= 15 is 0 Å². The molecule has 1 amide bonds. The highest BCUT2D eigenvalue weighted by atomic mass is 16.3. The maximum absolute atomic E-state index is 12.5. The van der Waals surface area contributed by atoms with Crippen molar-refractivity contribution >= 4 is 11.9 Å². The van der Waals surface area contributed by atoms with Crippen molar-refractivity contribution in [3.63, 3.8) is 0 Å². The number of nitrogens with one attached hydrogen (secondary N) is 1. The van der Waals surface area contributed by atoms with Gasteiger partial charge in [0.2, 0.25) is 5.91 Å². The van der Waals surface area contributed by atoms with Crippen LogP contribution in [0.15, 0.2) is 40.5 Å². The standard InChI is InChI=1S/C21H33N5O2/c1-2-9-22-21(23-10-8-19-7-6-17-28-19)26-15-13-24(14-16-26)18-20(27)25-11-4-3-5-12-25/h2,6-7,17H,1,3-5,8-16,18H2,(H,22,23). The number of piperazine rings is 1. The molecule has 0 atom stereocenters. The van der Waals surface area contributed by atoms with Crippen LogP contribution in [0, 0.1) is 0 Å². The summed E-state index contributed by atoms with van der Waals surface area (Å²) in [6.45, 7) is 11.1. The van der Waals surface area contributed by atoms with Crippen molar-refractivity contribution in [3.05, 3.63) is 36.8 Å². The maximum Gasteiger partial charge on any atom is 0.236 e. The summed E-state index contributed by atoms with van der Waals surface area (Å²) in [4.78, 5) is 23.8. The summed E-state index contributed by atoms with van der Waals surface area (Å²) in [5, 5.41) is 3.36. The summed E-state index contributed by atoms with van der Waals surface area (Å²) < 4.78 is 5.38. The molecular formula is C21H33N5O2. The zero-order valence-electron chi connectivity index (χ0n) is 16.8. The molecule has 0 unspecified atom stereocenters. The number of hydrogen-bond donors (Lipinski definition) is 1. The lowest BCUT2D eigenvalue weighted by Gasteiger charge is -2.37. The minimum Gasteiger partial charge on any atom is -0.469 e. The lowest BCUT2D eigenvalue weighted by Crippen LogP contribution is -2.54. The quantitative estimate of drug-likeness (QED) is 0.437. The maximum atomic E-state index is 12.5. The number of hydrogen-bond acceptors (Lipinski definition) is 4. The molecule has 0 radical (unpaired) electrons. The molecule has 2 saturated heterocycles. The molecule has 2 fully saturated rings. The second kappa shape index (κ2) is 10.9. The van der Waals surface area contributed by atoms with Gasteiger partial charge in [0.25, 0.3) is 0 Å². The predicted molar refractivity (Wildman–Crippen MR) is 111 cm³/mol. The van der Waals surface area contributed by atoms with Crippen LogP contribution in [0.5, 0.6) is 0 Å². The first-order chi connectivity index (χ1) is 13.8. The molecule has 0 saturated carbocycles. The van der Waals surface area contributed by atoms with Crippen LogP contribution in [0.2, 0.25) is 0 Å². The summed E-state index contributed by atoms with van der Waals surface area (Å²) >= 11 is 0. The van der Waals surface area contributed by atoms with E-state index in [0.717, 1.165) is 70.3 Å². The molecule has 1 aromatic rings. The Balaban J connectivity index is 1.46. The van der Waals surface area contributed by atoms with Gasteiger partial charge in [0.15, 0.2) is 5.96 Å². The van der Waals surface area contributed by atoms with Crippen LogP contribution < -0.4 is 5.32 Å². The van der Waals surface area contributed by atoms with E-state index in [4.69, 9.17) is 9.41 Å². The number of furan rings is 1. The van der Waals surface area contributed by atoms with Crippen LogP contribution in [0.3, 0.4) is 0 Å². The van der Waals surface area contributed by atoms with Gasteiger partial charge in [0.1, 0.15) is 5.76 Å². The normalized spacial score (nSPS) is 18.9. The molecule has 154 valence electrons. The van der Waals surface area contributed by atoms with Crippen molar-refractivity contribution in [1.29, 1.82) is 0 Å². The van der Waals surface area contributed by atoms with Crippen LogP contribution in [-0.4, -0.2) is 85.5 Å². The second-order valence-electron chi connectivity index (χ2n) is 7.41. The number of piperidine rings is 1. The van der Waals surface area contributed by atoms with Crippen molar-refractivity contribution in [2.75, 3.05) is 58.9 Å². The summed E-state index contributed by atoms with van der Waals surface area (Å²) in [7, 11) is 0. The number of carbonyl (C=O) groups is 1. The summed E-state index contributed by atoms with van der Waals surface area (Å²) in [5.74, 6) is 2.14. The minimum atomic E-state index is 0.283. The lowest BCUT2D eigenvalue weighted by atomic mass is 10.1. The topological polar surface area (TPSA) is 64.3 Å². The van der Waals surface area contributed by atoms with Gasteiger partial charge in [-0.15, -0.1) is 6.58 Å². The fourth-order valence-corrected chi connectivity index (χ4v) is 3.71. The van der Waals surface area contributed by atoms with E-state index < -0.39 is 0 Å². The molecule has 3 heterocycles. The van der Waals surface area contributed by atoms with Crippen molar-refractivity contribution < 1.29 is 9.21 Å². The van der Waals surface area contributed by atoms with Gasteiger partial charge >= 0.3 is 0 Å². The highest BCUT2D eigenvalue weighted by molar-refractivity contribution is 5.80. The molecule has 3 rings (SSSR count). The zero-order valence-corrected chi connectivity index (χ0v) is 16.8. The molecular weight excluding hydrogens is 354 g/mol. The van der Waals surface area contributed by atoms with Crippen LogP contribution in [0.4, 0.5) is 0 Å². The third-order valence-corrected chi connectivity index (χ3v) is 5.34. The van der Waals surface area contributed by atoms with Crippen molar-refractivity contribution in [2.24, 2.45) is 4.99 Å². The van der Waals surface area contributed by atoms with Crippen molar-refractivity contribution in [1.82, 2.24) is 20.0 Å². The molecule has 1 N–H and O–H groups in total. The summed E-state index contributed by atoms with van der Waals surface area (Å²) in [6.07, 6.45) is 7.87. The van der Waals surface area contributed by atoms with Crippen LogP contribution in [0.25, 0.3) is 0 Å². The van der Waals surface area contributed by atoms with E-state index in [0.29, 0.717) is 19.6 Å². The molecule has 0 aromatic carbocycles. The Labute approximate surface area is 168 Å². The van der Waals surface area contributed by atoms with Crippen LogP contribution in [-0.2, 0) is 11.2 Å². The Morgan fingerprint density at radius 3 is 2.61 bits per heavy atom. The van der Waals surface area contributed by atoms with Gasteiger partial charge in [-0.25, -0.2) is 0 Å². The van der Waals surface area contributed by atoms with Gasteiger partial charge in [0.05, 0.1) is 12.8 Å². The lowest BCUT2D eigenvalue weighted by molar-refractivity contribution is -0.133. The second-order valence-corrected chi connectivity index (χ2v) is 7.41. The fourth-order valence-electron chi connectivity index (χ4n) is 3.71. The van der Waals surface area contributed by atoms with E-state index in [9.17, 15) is 4.79 Å². The van der Waals surface area contributed by atoms with Crippen molar-refractivity contribution in [3.8, 4) is 0 Å². The van der Waals surface area contributed by atoms with Gasteiger partial charge in [-0.1, -0.05) is 6.08 Å². The van der Waals surface area contributed by atoms with E-state index in [-0.39, 0.29) is 5.91 Å². The highest BCUT2D eigenvalue weighted by Gasteiger charge is 2.24. The molecule has 0 spiro atoms. The van der Waals surface area contributed by atoms with Gasteiger partial charge in [-0.05, 0) is 31.4 Å². The molecule has 1 aromatic heterocycles. The van der Waals surface area contributed by atoms with Gasteiger partial charge in [-0.3, -0.25) is 14.7 Å². The van der Waals surface area contributed by atoms with Crippen LogP contribution in [0.1, 0.15) is 25.0 Å². The van der Waals surface area contributed by atoms with Gasteiger partial charge in [-0.2, -0.15) is 0 Å². The molecule has 7 nitrogen and oxygen atoms in total. The Morgan fingerprint density at radius 2 is 1.93 bits per heavy atom. The average molecular weight is 388 g/mol. The monoisotopic (exact) mass is 387 g/mol. The Hall–Kier alpha value is -2.28. The van der Waals surface area contributed by atoms with Gasteiger partial charge < -0.3 is 19.5 Å². The third-order valence-electron chi connectivity index (χ3n) is 5.34. The molecule has 28 heavy (non-hydrogen) atoms. The fraction of sp³-hybridized carbons (Fsp3) is 0.619. The first-order valence-electron chi connectivity index (χ1n) is 10.4. The summed E-state index contributed by atoms with van der Waals surface area (Å²) in [5.41, 5.74) is 0. The Kier molecular flexibility index (Phi) is 7.96. The summed E-state index contributed by atoms with van der Waals surface area (Å²) in [6, 6.07) is 3.88. The Bertz CT molecular complexity index is 629. The first-order valence-corrected chi connectivity index (χ1v) is 10.4. The van der Waals surface area contributed by atoms with E-state index in [1.54, 1.807) is 6.26 Å². The highest BCUT2D eigenvalue weighted by Crippen LogP contribution is 2.10. The molecule has 0 aliphatic carbocycles. The third kappa shape index (κ3) is 6.12. The SMILES string of the molecule is C=CCNC(=NCCc1ccco1)N1CCN(CC(=O)N2CCCCC2)CC1. The number of carbonyl (C=O) groups excluding carboxylic acids is 1. The number of rotatable bonds is 7. The van der Waals surface area contributed by atoms with Crippen LogP contribution >= 0.6 is 0 Å².